The zero-order valence-electron chi connectivity index (χ0n) is 8.88. The zero-order valence-corrected chi connectivity index (χ0v) is 8.88. The largest absolute Gasteiger partial charge is 0.490 e. The number of nitrogens with two attached hydrogens (primary N) is 1. The van der Waals surface area contributed by atoms with Gasteiger partial charge >= 0.3 is 0 Å². The Bertz CT molecular complexity index is 364. The molecule has 0 bridgehead atoms. The summed E-state index contributed by atoms with van der Waals surface area (Å²) >= 11 is 0. The van der Waals surface area contributed by atoms with Crippen molar-refractivity contribution in [2.24, 2.45) is 11.7 Å². The normalized spacial score (nSPS) is 10.4. The van der Waals surface area contributed by atoms with Crippen molar-refractivity contribution in [3.05, 3.63) is 29.6 Å². The van der Waals surface area contributed by atoms with E-state index in [1.807, 2.05) is 13.8 Å². The first kappa shape index (κ1) is 11.5. The minimum absolute atomic E-state index is 0.149. The van der Waals surface area contributed by atoms with Crippen LogP contribution in [0.1, 0.15) is 19.4 Å². The number of hydrogen-bond donors (Lipinski definition) is 2. The number of halogens is 1. The highest BCUT2D eigenvalue weighted by Crippen LogP contribution is 2.18. The van der Waals surface area contributed by atoms with E-state index in [1.54, 1.807) is 6.07 Å². The minimum Gasteiger partial charge on any atom is -0.490 e. The lowest BCUT2D eigenvalue weighted by molar-refractivity contribution is 0.259. The van der Waals surface area contributed by atoms with Gasteiger partial charge in [-0.05, 0) is 24.1 Å². The van der Waals surface area contributed by atoms with Crippen LogP contribution in [0.15, 0.2) is 18.2 Å². The molecule has 0 aromatic heterocycles. The highest BCUT2D eigenvalue weighted by atomic mass is 19.1. The number of nitrogen functional groups attached to an aromatic ring is 1. The average Bonchev–Trinajstić information content (AvgIpc) is 2.15. The molecule has 1 aromatic carbocycles. The molecule has 15 heavy (non-hydrogen) atoms. The van der Waals surface area contributed by atoms with Gasteiger partial charge in [-0.25, -0.2) is 4.39 Å². The molecule has 1 aromatic rings. The second-order valence-corrected chi connectivity index (χ2v) is 3.76. The van der Waals surface area contributed by atoms with Crippen molar-refractivity contribution in [2.45, 2.75) is 13.8 Å². The van der Waals surface area contributed by atoms with Gasteiger partial charge < -0.3 is 10.5 Å². The molecule has 1 rings (SSSR count). The summed E-state index contributed by atoms with van der Waals surface area (Å²) in [5.41, 5.74) is 5.60. The van der Waals surface area contributed by atoms with Gasteiger partial charge in [-0.15, -0.1) is 0 Å². The van der Waals surface area contributed by atoms with Crippen LogP contribution in [0.4, 0.5) is 4.39 Å². The summed E-state index contributed by atoms with van der Waals surface area (Å²) in [6, 6.07) is 4.27. The van der Waals surface area contributed by atoms with Gasteiger partial charge in [0.1, 0.15) is 5.84 Å². The molecule has 0 spiro atoms. The predicted molar refractivity (Wildman–Crippen MR) is 57.7 cm³/mol. The summed E-state index contributed by atoms with van der Waals surface area (Å²) in [6.07, 6.45) is 0. The molecule has 0 aliphatic carbocycles. The molecule has 0 amide bonds. The van der Waals surface area contributed by atoms with E-state index in [0.717, 1.165) is 0 Å². The smallest absolute Gasteiger partial charge is 0.165 e. The molecule has 82 valence electrons. The Labute approximate surface area is 88.6 Å². The van der Waals surface area contributed by atoms with Crippen molar-refractivity contribution in [3.8, 4) is 5.75 Å². The third kappa shape index (κ3) is 3.23. The molecule has 0 heterocycles. The van der Waals surface area contributed by atoms with E-state index in [0.29, 0.717) is 18.1 Å². The van der Waals surface area contributed by atoms with E-state index in [2.05, 4.69) is 0 Å². The summed E-state index contributed by atoms with van der Waals surface area (Å²) in [5, 5.41) is 7.14. The van der Waals surface area contributed by atoms with Crippen LogP contribution >= 0.6 is 0 Å². The summed E-state index contributed by atoms with van der Waals surface area (Å²) in [4.78, 5) is 0. The average molecular weight is 210 g/mol. The molecule has 3 N–H and O–H groups in total. The van der Waals surface area contributed by atoms with Crippen molar-refractivity contribution in [2.75, 3.05) is 6.61 Å². The zero-order chi connectivity index (χ0) is 11.4. The van der Waals surface area contributed by atoms with Crippen LogP contribution in [-0.2, 0) is 0 Å². The summed E-state index contributed by atoms with van der Waals surface area (Å²) < 4.78 is 18.6. The van der Waals surface area contributed by atoms with Crippen LogP contribution < -0.4 is 10.5 Å². The summed E-state index contributed by atoms with van der Waals surface area (Å²) in [5.74, 6) is -0.0850. The highest BCUT2D eigenvalue weighted by molar-refractivity contribution is 5.95. The number of nitrogens with one attached hydrogen (secondary N) is 1. The van der Waals surface area contributed by atoms with Gasteiger partial charge in [0.05, 0.1) is 6.61 Å². The number of hydrogen-bond acceptors (Lipinski definition) is 2. The monoisotopic (exact) mass is 210 g/mol. The van der Waals surface area contributed by atoms with E-state index < -0.39 is 5.82 Å². The number of benzene rings is 1. The van der Waals surface area contributed by atoms with E-state index in [-0.39, 0.29) is 11.6 Å². The lowest BCUT2D eigenvalue weighted by Gasteiger charge is -2.10. The molecule has 0 unspecified atom stereocenters. The number of ether oxygens (including phenoxy) is 1. The molecule has 0 radical (unpaired) electrons. The Morgan fingerprint density at radius 2 is 2.20 bits per heavy atom. The predicted octanol–water partition coefficient (Wildman–Crippen LogP) is 2.14. The van der Waals surface area contributed by atoms with E-state index in [4.69, 9.17) is 15.9 Å². The fourth-order valence-corrected chi connectivity index (χ4v) is 1.04. The van der Waals surface area contributed by atoms with Crippen molar-refractivity contribution in [1.82, 2.24) is 0 Å². The Kier molecular flexibility index (Phi) is 3.66. The third-order valence-electron chi connectivity index (χ3n) is 1.82. The topological polar surface area (TPSA) is 59.1 Å². The molecular weight excluding hydrogens is 195 g/mol. The molecule has 0 aliphatic rings. The van der Waals surface area contributed by atoms with Crippen LogP contribution in [-0.4, -0.2) is 12.4 Å². The quantitative estimate of drug-likeness (QED) is 0.591. The highest BCUT2D eigenvalue weighted by Gasteiger charge is 2.06. The maximum Gasteiger partial charge on any atom is 0.165 e. The van der Waals surface area contributed by atoms with Gasteiger partial charge in [-0.3, -0.25) is 5.41 Å². The number of amidine groups is 1. The third-order valence-corrected chi connectivity index (χ3v) is 1.82. The maximum atomic E-state index is 13.4. The van der Waals surface area contributed by atoms with E-state index in [1.165, 1.54) is 12.1 Å². The lowest BCUT2D eigenvalue weighted by atomic mass is 10.2. The van der Waals surface area contributed by atoms with Gasteiger partial charge in [0.15, 0.2) is 11.6 Å². The summed E-state index contributed by atoms with van der Waals surface area (Å²) in [7, 11) is 0. The first-order valence-electron chi connectivity index (χ1n) is 4.77. The Morgan fingerprint density at radius 3 is 2.67 bits per heavy atom. The second-order valence-electron chi connectivity index (χ2n) is 3.76. The van der Waals surface area contributed by atoms with Crippen molar-refractivity contribution >= 4 is 5.84 Å². The standard InChI is InChI=1S/C11H15FN2O/c1-7(2)6-15-10-4-3-8(11(13)14)5-9(10)12/h3-5,7H,6H2,1-2H3,(H3,13,14). The fraction of sp³-hybridized carbons (Fsp3) is 0.364. The van der Waals surface area contributed by atoms with Gasteiger partial charge in [0, 0.05) is 5.56 Å². The van der Waals surface area contributed by atoms with Crippen LogP contribution in [0.2, 0.25) is 0 Å². The van der Waals surface area contributed by atoms with Crippen LogP contribution in [0.25, 0.3) is 0 Å². The van der Waals surface area contributed by atoms with Gasteiger partial charge in [-0.2, -0.15) is 0 Å². The molecule has 3 nitrogen and oxygen atoms in total. The molecular formula is C11H15FN2O. The Balaban J connectivity index is 2.79. The molecule has 0 atom stereocenters. The molecule has 0 aliphatic heterocycles. The van der Waals surface area contributed by atoms with Crippen molar-refractivity contribution < 1.29 is 9.13 Å². The molecule has 0 saturated heterocycles. The van der Waals surface area contributed by atoms with Gasteiger partial charge in [0.2, 0.25) is 0 Å². The molecule has 0 saturated carbocycles. The van der Waals surface area contributed by atoms with Crippen molar-refractivity contribution in [1.29, 1.82) is 5.41 Å². The molecule has 0 fully saturated rings. The van der Waals surface area contributed by atoms with Gasteiger partial charge in [0.25, 0.3) is 0 Å². The van der Waals surface area contributed by atoms with Crippen LogP contribution in [0.5, 0.6) is 5.75 Å². The maximum absolute atomic E-state index is 13.4. The Hall–Kier alpha value is -1.58. The fourth-order valence-electron chi connectivity index (χ4n) is 1.04. The SMILES string of the molecule is CC(C)COc1ccc(C(=N)N)cc1F. The van der Waals surface area contributed by atoms with Gasteiger partial charge in [-0.1, -0.05) is 13.8 Å². The second kappa shape index (κ2) is 4.77. The Morgan fingerprint density at radius 1 is 1.53 bits per heavy atom. The van der Waals surface area contributed by atoms with Crippen molar-refractivity contribution in [3.63, 3.8) is 0 Å². The van der Waals surface area contributed by atoms with Crippen LogP contribution in [0, 0.1) is 17.1 Å². The minimum atomic E-state index is -0.483. The number of rotatable bonds is 4. The first-order valence-corrected chi connectivity index (χ1v) is 4.77. The first-order chi connectivity index (χ1) is 7.00. The summed E-state index contributed by atoms with van der Waals surface area (Å²) in [6.45, 7) is 4.44. The van der Waals surface area contributed by atoms with Crippen LogP contribution in [0.3, 0.4) is 0 Å². The van der Waals surface area contributed by atoms with E-state index >= 15 is 0 Å². The molecule has 4 heteroatoms. The van der Waals surface area contributed by atoms with E-state index in [9.17, 15) is 4.39 Å². The lowest BCUT2D eigenvalue weighted by Crippen LogP contribution is -2.12.